The van der Waals surface area contributed by atoms with Crippen molar-refractivity contribution in [1.29, 1.82) is 0 Å². The van der Waals surface area contributed by atoms with Gasteiger partial charge in [-0.2, -0.15) is 4.94 Å². The molecular formula is C7H7N4O5-3. The van der Waals surface area contributed by atoms with Crippen molar-refractivity contribution in [3.63, 3.8) is 0 Å². The van der Waals surface area contributed by atoms with Gasteiger partial charge >= 0.3 is 0 Å². The van der Waals surface area contributed by atoms with E-state index in [1.165, 1.54) is 6.08 Å². The van der Waals surface area contributed by atoms with Crippen LogP contribution in [0.3, 0.4) is 0 Å². The monoisotopic (exact) mass is 227 g/mol. The molecule has 3 rings (SSSR count). The summed E-state index contributed by atoms with van der Waals surface area (Å²) in [5.74, 6) is 0. The van der Waals surface area contributed by atoms with Gasteiger partial charge in [0.05, 0.1) is 22.6 Å². The molecule has 0 spiro atoms. The lowest BCUT2D eigenvalue weighted by molar-refractivity contribution is -0.236. The molecule has 2 heterocycles. The molecule has 1 N–H and O–H groups in total. The van der Waals surface area contributed by atoms with Crippen LogP contribution in [-0.2, 0) is 9.88 Å². The summed E-state index contributed by atoms with van der Waals surface area (Å²) in [4.78, 5) is 8.89. The number of rotatable bonds is 0. The smallest absolute Gasteiger partial charge is 0.0793 e. The number of fused-ring (bicyclic) bond motifs is 1. The highest BCUT2D eigenvalue weighted by molar-refractivity contribution is 5.40. The molecule has 0 bridgehead atoms. The number of hydrogen-bond donors (Lipinski definition) is 1. The second-order valence-electron chi connectivity index (χ2n) is 3.89. The van der Waals surface area contributed by atoms with Crippen molar-refractivity contribution in [2.75, 3.05) is 0 Å². The highest BCUT2D eigenvalue weighted by Crippen LogP contribution is 2.44. The van der Waals surface area contributed by atoms with Gasteiger partial charge in [-0.25, -0.2) is 15.6 Å². The maximum atomic E-state index is 11.4. The summed E-state index contributed by atoms with van der Waals surface area (Å²) in [5.41, 5.74) is 1.95. The van der Waals surface area contributed by atoms with Crippen LogP contribution in [0.25, 0.3) is 0 Å². The Kier molecular flexibility index (Phi) is 1.75. The van der Waals surface area contributed by atoms with Crippen LogP contribution in [0.4, 0.5) is 0 Å². The first kappa shape index (κ1) is 9.84. The third-order valence-electron chi connectivity index (χ3n) is 2.85. The van der Waals surface area contributed by atoms with Gasteiger partial charge in [-0.1, -0.05) is 0 Å². The lowest BCUT2D eigenvalue weighted by Gasteiger charge is -2.38. The number of nitrogens with one attached hydrogen (secondary N) is 1. The van der Waals surface area contributed by atoms with Crippen LogP contribution in [0.1, 0.15) is 13.3 Å². The van der Waals surface area contributed by atoms with Crippen molar-refractivity contribution in [2.24, 2.45) is 0 Å². The fourth-order valence-electron chi connectivity index (χ4n) is 1.90. The minimum absolute atomic E-state index is 0.0781. The molecule has 2 aliphatic heterocycles. The van der Waals surface area contributed by atoms with Gasteiger partial charge in [0.1, 0.15) is 0 Å². The highest BCUT2D eigenvalue weighted by Gasteiger charge is 2.44. The third kappa shape index (κ3) is 1.04. The summed E-state index contributed by atoms with van der Waals surface area (Å²) in [7, 11) is 0. The van der Waals surface area contributed by atoms with E-state index in [9.17, 15) is 15.6 Å². The molecule has 1 fully saturated rings. The molecule has 1 saturated heterocycles. The SMILES string of the molecule is CC12CC3=C(C=C1N([O-])ON2[O-])N([O-])ON3. The molecule has 1 unspecified atom stereocenters. The molecule has 3 aliphatic rings. The number of nitrogens with zero attached hydrogens (tertiary/aromatic N) is 3. The Labute approximate surface area is 89.6 Å². The van der Waals surface area contributed by atoms with E-state index < -0.39 is 5.54 Å². The van der Waals surface area contributed by atoms with Crippen LogP contribution in [0.15, 0.2) is 23.2 Å². The zero-order chi connectivity index (χ0) is 11.5. The molecule has 0 amide bonds. The summed E-state index contributed by atoms with van der Waals surface area (Å²) < 4.78 is 0. The Morgan fingerprint density at radius 1 is 1.38 bits per heavy atom. The average molecular weight is 227 g/mol. The normalized spacial score (nSPS) is 33.9. The van der Waals surface area contributed by atoms with Crippen LogP contribution in [0.2, 0.25) is 0 Å². The quantitative estimate of drug-likeness (QED) is 0.608. The maximum absolute atomic E-state index is 11.4. The van der Waals surface area contributed by atoms with Crippen LogP contribution < -0.4 is 5.48 Å². The predicted molar refractivity (Wildman–Crippen MR) is 49.1 cm³/mol. The Morgan fingerprint density at radius 3 is 2.88 bits per heavy atom. The third-order valence-corrected chi connectivity index (χ3v) is 2.85. The summed E-state index contributed by atoms with van der Waals surface area (Å²) in [6, 6.07) is 0. The van der Waals surface area contributed by atoms with Crippen molar-refractivity contribution < 1.29 is 9.88 Å². The van der Waals surface area contributed by atoms with Gasteiger partial charge in [0.2, 0.25) is 0 Å². The first-order chi connectivity index (χ1) is 7.52. The van der Waals surface area contributed by atoms with Crippen LogP contribution >= 0.6 is 0 Å². The molecule has 0 aromatic heterocycles. The van der Waals surface area contributed by atoms with Gasteiger partial charge < -0.3 is 20.8 Å². The summed E-state index contributed by atoms with van der Waals surface area (Å²) >= 11 is 0. The van der Waals surface area contributed by atoms with Crippen LogP contribution in [-0.4, -0.2) is 21.2 Å². The zero-order valence-corrected chi connectivity index (χ0v) is 8.17. The van der Waals surface area contributed by atoms with Crippen molar-refractivity contribution in [3.05, 3.63) is 38.8 Å². The topological polar surface area (TPSA) is 109 Å². The van der Waals surface area contributed by atoms with Crippen molar-refractivity contribution >= 4 is 0 Å². The first-order valence-corrected chi connectivity index (χ1v) is 4.50. The number of allylic oxidation sites excluding steroid dienone is 1. The van der Waals surface area contributed by atoms with Gasteiger partial charge in [0, 0.05) is 6.42 Å². The van der Waals surface area contributed by atoms with E-state index in [-0.39, 0.29) is 33.5 Å². The minimum atomic E-state index is -1.14. The number of hydrogen-bond acceptors (Lipinski definition) is 9. The van der Waals surface area contributed by atoms with E-state index in [1.54, 1.807) is 6.92 Å². The van der Waals surface area contributed by atoms with Crippen molar-refractivity contribution in [1.82, 2.24) is 21.2 Å². The van der Waals surface area contributed by atoms with E-state index in [2.05, 4.69) is 15.4 Å². The van der Waals surface area contributed by atoms with E-state index in [0.717, 1.165) is 0 Å². The Bertz CT molecular complexity index is 410. The van der Waals surface area contributed by atoms with E-state index in [1.807, 2.05) is 0 Å². The molecule has 9 heteroatoms. The second kappa shape index (κ2) is 2.85. The minimum Gasteiger partial charge on any atom is -0.759 e. The molecule has 0 aromatic rings. The van der Waals surface area contributed by atoms with Gasteiger partial charge in [-0.05, 0) is 13.0 Å². The molecule has 88 valence electrons. The number of hydroxylamine groups is 7. The average Bonchev–Trinajstić information content (AvgIpc) is 2.67. The Morgan fingerprint density at radius 2 is 2.12 bits per heavy atom. The van der Waals surface area contributed by atoms with Crippen LogP contribution in [0.5, 0.6) is 0 Å². The van der Waals surface area contributed by atoms with Gasteiger partial charge in [0.25, 0.3) is 0 Å². The summed E-state index contributed by atoms with van der Waals surface area (Å²) in [6.07, 6.45) is 1.41. The summed E-state index contributed by atoms with van der Waals surface area (Å²) in [6.45, 7) is 1.54. The van der Waals surface area contributed by atoms with E-state index in [0.29, 0.717) is 5.70 Å². The fraction of sp³-hybridized carbons (Fsp3) is 0.429. The largest absolute Gasteiger partial charge is 0.759 e. The molecule has 0 aromatic carbocycles. The van der Waals surface area contributed by atoms with Crippen molar-refractivity contribution in [2.45, 2.75) is 18.9 Å². The zero-order valence-electron chi connectivity index (χ0n) is 8.17. The van der Waals surface area contributed by atoms with E-state index in [4.69, 9.17) is 0 Å². The van der Waals surface area contributed by atoms with Gasteiger partial charge in [-0.15, -0.1) is 0 Å². The first-order valence-electron chi connectivity index (χ1n) is 4.50. The molecule has 1 aliphatic carbocycles. The second-order valence-corrected chi connectivity index (χ2v) is 3.89. The molecule has 0 saturated carbocycles. The lowest BCUT2D eigenvalue weighted by atomic mass is 9.88. The summed E-state index contributed by atoms with van der Waals surface area (Å²) in [5, 5.41) is 34.5. The van der Waals surface area contributed by atoms with Crippen molar-refractivity contribution in [3.8, 4) is 0 Å². The maximum Gasteiger partial charge on any atom is 0.0793 e. The molecule has 9 nitrogen and oxygen atoms in total. The lowest BCUT2D eigenvalue weighted by Crippen LogP contribution is -2.40. The van der Waals surface area contributed by atoms with Gasteiger partial charge in [-0.3, -0.25) is 5.23 Å². The Balaban J connectivity index is 2.05. The molecule has 16 heavy (non-hydrogen) atoms. The fourth-order valence-corrected chi connectivity index (χ4v) is 1.90. The highest BCUT2D eigenvalue weighted by atomic mass is 17.1. The standard InChI is InChI=1S/C7H7N4O5/c1-7-3-4-5(9(12)15-8-4)2-6(7)10(13)16-11(7)14/h2,8H,3H2,1H3/q-3. The molecular weight excluding hydrogens is 220 g/mol. The predicted octanol–water partition coefficient (Wildman–Crippen LogP) is -0.0463. The Hall–Kier alpha value is -1.36. The molecule has 1 atom stereocenters. The van der Waals surface area contributed by atoms with Crippen LogP contribution in [0, 0.1) is 15.6 Å². The molecule has 0 radical (unpaired) electrons. The van der Waals surface area contributed by atoms with Gasteiger partial charge in [0.15, 0.2) is 0 Å². The van der Waals surface area contributed by atoms with E-state index >= 15 is 0 Å².